The Kier molecular flexibility index (Phi) is 6.27. The topological polar surface area (TPSA) is 41.6 Å². The van der Waals surface area contributed by atoms with E-state index in [-0.39, 0.29) is 17.9 Å². The van der Waals surface area contributed by atoms with Crippen molar-refractivity contribution in [2.45, 2.75) is 72.3 Å². The summed E-state index contributed by atoms with van der Waals surface area (Å²) in [6, 6.07) is 0. The highest BCUT2D eigenvalue weighted by Gasteiger charge is 2.31. The lowest BCUT2D eigenvalue weighted by Crippen LogP contribution is -2.50. The largest absolute Gasteiger partial charge is 0.378 e. The first-order chi connectivity index (χ1) is 10.4. The van der Waals surface area contributed by atoms with Gasteiger partial charge in [0, 0.05) is 25.6 Å². The molecule has 4 nitrogen and oxygen atoms in total. The predicted molar refractivity (Wildman–Crippen MR) is 89.3 cm³/mol. The predicted octanol–water partition coefficient (Wildman–Crippen LogP) is 3.37. The Balaban J connectivity index is 1.76. The van der Waals surface area contributed by atoms with Gasteiger partial charge in [0.25, 0.3) is 0 Å². The maximum atomic E-state index is 12.5. The van der Waals surface area contributed by atoms with E-state index in [9.17, 15) is 4.79 Å². The fourth-order valence-corrected chi connectivity index (χ4v) is 3.75. The molecule has 0 bridgehead atoms. The van der Waals surface area contributed by atoms with Crippen LogP contribution in [0.3, 0.4) is 0 Å². The molecule has 2 fully saturated rings. The molecule has 0 spiro atoms. The number of nitrogens with zero attached hydrogens (tertiary/aromatic N) is 1. The van der Waals surface area contributed by atoms with Crippen LogP contribution < -0.4 is 5.43 Å². The number of piperidine rings is 1. The zero-order chi connectivity index (χ0) is 16.2. The normalized spacial score (nSPS) is 28.5. The molecule has 0 radical (unpaired) electrons. The molecule has 2 aliphatic rings. The van der Waals surface area contributed by atoms with Gasteiger partial charge >= 0.3 is 0 Å². The summed E-state index contributed by atoms with van der Waals surface area (Å²) in [4.78, 5) is 12.5. The van der Waals surface area contributed by atoms with Gasteiger partial charge in [-0.2, -0.15) is 0 Å². The number of hydrogen-bond acceptors (Lipinski definition) is 3. The summed E-state index contributed by atoms with van der Waals surface area (Å²) in [7, 11) is 0. The summed E-state index contributed by atoms with van der Waals surface area (Å²) >= 11 is 0. The van der Waals surface area contributed by atoms with Gasteiger partial charge in [-0.25, -0.2) is 5.01 Å². The van der Waals surface area contributed by atoms with Gasteiger partial charge in [-0.1, -0.05) is 34.1 Å². The molecule has 2 rings (SSSR count). The second-order valence-electron chi connectivity index (χ2n) is 8.11. The molecular weight excluding hydrogens is 276 g/mol. The summed E-state index contributed by atoms with van der Waals surface area (Å²) in [5, 5.41) is 2.13. The Labute approximate surface area is 135 Å². The number of hydrazine groups is 1. The third kappa shape index (κ3) is 4.95. The molecule has 0 aliphatic carbocycles. The number of carbonyl (C=O) groups is 1. The molecule has 0 aromatic carbocycles. The smallest absolute Gasteiger partial charge is 0.237 e. The minimum absolute atomic E-state index is 0.130. The average Bonchev–Trinajstić information content (AvgIpc) is 2.47. The lowest BCUT2D eigenvalue weighted by Gasteiger charge is -2.39. The van der Waals surface area contributed by atoms with E-state index in [0.717, 1.165) is 51.3 Å². The van der Waals surface area contributed by atoms with Crippen LogP contribution in [0.5, 0.6) is 0 Å². The molecule has 2 heterocycles. The second kappa shape index (κ2) is 7.78. The third-order valence-corrected chi connectivity index (χ3v) is 5.34. The molecule has 0 aromatic heterocycles. The number of rotatable bonds is 4. The quantitative estimate of drug-likeness (QED) is 0.865. The maximum Gasteiger partial charge on any atom is 0.237 e. The van der Waals surface area contributed by atoms with Crippen LogP contribution in [-0.2, 0) is 9.53 Å². The molecule has 22 heavy (non-hydrogen) atoms. The summed E-state index contributed by atoms with van der Waals surface area (Å²) in [5.41, 5.74) is 3.54. The highest BCUT2D eigenvalue weighted by molar-refractivity contribution is 5.78. The van der Waals surface area contributed by atoms with E-state index in [1.807, 2.05) is 0 Å². The van der Waals surface area contributed by atoms with Gasteiger partial charge < -0.3 is 4.74 Å². The van der Waals surface area contributed by atoms with Gasteiger partial charge in [0.05, 0.1) is 6.10 Å². The molecule has 1 amide bonds. The first-order valence-electron chi connectivity index (χ1n) is 9.07. The average molecular weight is 310 g/mol. The standard InChI is InChI=1S/C18H34N2O2/c1-5-6-16-13-14(9-12-22-16)17(21)19-20-10-7-15(8-11-20)18(2,3)4/h14-16H,5-13H2,1-4H3,(H,19,21)/t14-,16-/m1/s1. The highest BCUT2D eigenvalue weighted by Crippen LogP contribution is 2.34. The van der Waals surface area contributed by atoms with E-state index in [1.54, 1.807) is 0 Å². The molecule has 0 saturated carbocycles. The monoisotopic (exact) mass is 310 g/mol. The zero-order valence-corrected chi connectivity index (χ0v) is 14.9. The fraction of sp³-hybridized carbons (Fsp3) is 0.944. The van der Waals surface area contributed by atoms with Crippen LogP contribution in [0.2, 0.25) is 0 Å². The molecule has 128 valence electrons. The van der Waals surface area contributed by atoms with Crippen LogP contribution in [0.1, 0.15) is 66.2 Å². The number of hydrogen-bond donors (Lipinski definition) is 1. The van der Waals surface area contributed by atoms with Crippen molar-refractivity contribution in [3.63, 3.8) is 0 Å². The van der Waals surface area contributed by atoms with Crippen molar-refractivity contribution in [2.75, 3.05) is 19.7 Å². The van der Waals surface area contributed by atoms with Gasteiger partial charge in [-0.05, 0) is 43.4 Å². The van der Waals surface area contributed by atoms with E-state index in [4.69, 9.17) is 4.74 Å². The zero-order valence-electron chi connectivity index (χ0n) is 14.9. The van der Waals surface area contributed by atoms with Crippen molar-refractivity contribution < 1.29 is 9.53 Å². The third-order valence-electron chi connectivity index (χ3n) is 5.34. The van der Waals surface area contributed by atoms with Crippen molar-refractivity contribution in [3.05, 3.63) is 0 Å². The minimum atomic E-state index is 0.130. The maximum absolute atomic E-state index is 12.5. The Morgan fingerprint density at radius 3 is 2.50 bits per heavy atom. The lowest BCUT2D eigenvalue weighted by molar-refractivity contribution is -0.136. The Hall–Kier alpha value is -0.610. The van der Waals surface area contributed by atoms with Crippen molar-refractivity contribution in [2.24, 2.45) is 17.3 Å². The van der Waals surface area contributed by atoms with Crippen molar-refractivity contribution in [1.82, 2.24) is 10.4 Å². The van der Waals surface area contributed by atoms with Crippen molar-refractivity contribution in [1.29, 1.82) is 0 Å². The number of ether oxygens (including phenoxy) is 1. The van der Waals surface area contributed by atoms with E-state index >= 15 is 0 Å². The second-order valence-corrected chi connectivity index (χ2v) is 8.11. The highest BCUT2D eigenvalue weighted by atomic mass is 16.5. The first-order valence-corrected chi connectivity index (χ1v) is 9.07. The molecule has 2 atom stereocenters. The molecule has 2 saturated heterocycles. The van der Waals surface area contributed by atoms with Gasteiger partial charge in [-0.15, -0.1) is 0 Å². The molecule has 2 aliphatic heterocycles. The molecule has 0 unspecified atom stereocenters. The van der Waals surface area contributed by atoms with E-state index in [0.29, 0.717) is 5.41 Å². The molecular formula is C18H34N2O2. The van der Waals surface area contributed by atoms with Crippen LogP contribution in [0.15, 0.2) is 0 Å². The van der Waals surface area contributed by atoms with Gasteiger partial charge in [-0.3, -0.25) is 10.2 Å². The molecule has 0 aromatic rings. The molecule has 1 N–H and O–H groups in total. The Morgan fingerprint density at radius 2 is 1.91 bits per heavy atom. The van der Waals surface area contributed by atoms with Gasteiger partial charge in [0.15, 0.2) is 0 Å². The minimum Gasteiger partial charge on any atom is -0.378 e. The Bertz CT molecular complexity index is 355. The summed E-state index contributed by atoms with van der Waals surface area (Å²) < 4.78 is 5.75. The van der Waals surface area contributed by atoms with Gasteiger partial charge in [0.1, 0.15) is 0 Å². The lowest BCUT2D eigenvalue weighted by atomic mass is 9.75. The van der Waals surface area contributed by atoms with Crippen molar-refractivity contribution >= 4 is 5.91 Å². The molecule has 4 heteroatoms. The Morgan fingerprint density at radius 1 is 1.23 bits per heavy atom. The van der Waals surface area contributed by atoms with Crippen molar-refractivity contribution in [3.8, 4) is 0 Å². The van der Waals surface area contributed by atoms with Gasteiger partial charge in [0.2, 0.25) is 5.91 Å². The van der Waals surface area contributed by atoms with Crippen LogP contribution in [-0.4, -0.2) is 36.7 Å². The van der Waals surface area contributed by atoms with E-state index in [2.05, 4.69) is 38.1 Å². The van der Waals surface area contributed by atoms with Crippen LogP contribution in [0.4, 0.5) is 0 Å². The summed E-state index contributed by atoms with van der Waals surface area (Å²) in [5.74, 6) is 1.10. The van der Waals surface area contributed by atoms with Crippen LogP contribution >= 0.6 is 0 Å². The summed E-state index contributed by atoms with van der Waals surface area (Å²) in [6.45, 7) is 11.8. The number of carbonyl (C=O) groups excluding carboxylic acids is 1. The van der Waals surface area contributed by atoms with E-state index in [1.165, 1.54) is 12.8 Å². The fourth-order valence-electron chi connectivity index (χ4n) is 3.75. The number of nitrogens with one attached hydrogen (secondary N) is 1. The van der Waals surface area contributed by atoms with Crippen LogP contribution in [0, 0.1) is 17.3 Å². The number of amides is 1. The SMILES string of the molecule is CCC[C@@H]1C[C@H](C(=O)NN2CCC(C(C)(C)C)CC2)CCO1. The summed E-state index contributed by atoms with van der Waals surface area (Å²) in [6.07, 6.45) is 6.58. The van der Waals surface area contributed by atoms with Crippen LogP contribution in [0.25, 0.3) is 0 Å². The first kappa shape index (κ1) is 17.7. The van der Waals surface area contributed by atoms with E-state index < -0.39 is 0 Å².